The van der Waals surface area contributed by atoms with Crippen molar-refractivity contribution in [2.75, 3.05) is 5.32 Å². The van der Waals surface area contributed by atoms with Crippen LogP contribution in [0.3, 0.4) is 0 Å². The van der Waals surface area contributed by atoms with Crippen molar-refractivity contribution in [2.45, 2.75) is 6.18 Å². The second-order valence-electron chi connectivity index (χ2n) is 4.23. The highest BCUT2D eigenvalue weighted by atomic mass is 19.4. The van der Waals surface area contributed by atoms with Gasteiger partial charge < -0.3 is 10.4 Å². The topological polar surface area (TPSA) is 86.0 Å². The van der Waals surface area contributed by atoms with Gasteiger partial charge in [0.1, 0.15) is 17.5 Å². The van der Waals surface area contributed by atoms with E-state index in [9.17, 15) is 23.1 Å². The van der Waals surface area contributed by atoms with Crippen molar-refractivity contribution >= 4 is 11.6 Å². The number of aromatic hydroxyl groups is 1. The second-order valence-corrected chi connectivity index (χ2v) is 4.23. The van der Waals surface area contributed by atoms with Crippen molar-refractivity contribution < 1.29 is 23.1 Å². The van der Waals surface area contributed by atoms with Gasteiger partial charge in [0.2, 0.25) is 0 Å². The van der Waals surface area contributed by atoms with Crippen LogP contribution in [-0.4, -0.2) is 16.0 Å². The molecular formula is C14H8F3N3O2. The Balaban J connectivity index is 2.23. The first-order chi connectivity index (χ1) is 10.3. The zero-order chi connectivity index (χ0) is 16.3. The molecule has 5 nitrogen and oxygen atoms in total. The molecule has 0 bridgehead atoms. The van der Waals surface area contributed by atoms with E-state index in [1.165, 1.54) is 18.3 Å². The maximum absolute atomic E-state index is 12.7. The minimum absolute atomic E-state index is 0.0550. The Kier molecular flexibility index (Phi) is 3.99. The van der Waals surface area contributed by atoms with E-state index < -0.39 is 23.4 Å². The summed E-state index contributed by atoms with van der Waals surface area (Å²) in [6, 6.07) is 7.05. The standard InChI is InChI=1S/C14H8F3N3O2/c15-14(16,17)10-5-9(2-4-12(10)21)20-13(22)11-3-1-8(6-18)7-19-11/h1-5,7,21H,(H,20,22). The molecule has 2 N–H and O–H groups in total. The molecule has 2 aromatic rings. The first kappa shape index (κ1) is 15.3. The van der Waals surface area contributed by atoms with E-state index in [-0.39, 0.29) is 16.9 Å². The number of hydrogen-bond donors (Lipinski definition) is 2. The molecule has 0 atom stereocenters. The monoisotopic (exact) mass is 307 g/mol. The predicted molar refractivity (Wildman–Crippen MR) is 70.0 cm³/mol. The molecule has 0 saturated carbocycles. The van der Waals surface area contributed by atoms with Crippen LogP contribution in [0.25, 0.3) is 0 Å². The van der Waals surface area contributed by atoms with E-state index >= 15 is 0 Å². The SMILES string of the molecule is N#Cc1ccc(C(=O)Nc2ccc(O)c(C(F)(F)F)c2)nc1. The van der Waals surface area contributed by atoms with Crippen LogP contribution in [0.15, 0.2) is 36.5 Å². The molecule has 0 spiro atoms. The predicted octanol–water partition coefficient (Wildman–Crippen LogP) is 2.93. The Labute approximate surface area is 122 Å². The van der Waals surface area contributed by atoms with Gasteiger partial charge in [-0.05, 0) is 30.3 Å². The quantitative estimate of drug-likeness (QED) is 0.835. The lowest BCUT2D eigenvalue weighted by molar-refractivity contribution is -0.138. The number of pyridine rings is 1. The zero-order valence-corrected chi connectivity index (χ0v) is 10.8. The Hall–Kier alpha value is -3.08. The number of halogens is 3. The fourth-order valence-corrected chi connectivity index (χ4v) is 1.63. The highest BCUT2D eigenvalue weighted by molar-refractivity contribution is 6.02. The van der Waals surface area contributed by atoms with Gasteiger partial charge in [0.15, 0.2) is 0 Å². The van der Waals surface area contributed by atoms with E-state index in [0.29, 0.717) is 6.07 Å². The number of nitrogens with one attached hydrogen (secondary N) is 1. The Bertz CT molecular complexity index is 749. The summed E-state index contributed by atoms with van der Waals surface area (Å²) in [7, 11) is 0. The largest absolute Gasteiger partial charge is 0.507 e. The molecule has 0 aliphatic heterocycles. The molecular weight excluding hydrogens is 299 g/mol. The van der Waals surface area contributed by atoms with Crippen LogP contribution in [0, 0.1) is 11.3 Å². The maximum Gasteiger partial charge on any atom is 0.420 e. The number of carbonyl (C=O) groups excluding carboxylic acids is 1. The summed E-state index contributed by atoms with van der Waals surface area (Å²) in [5.41, 5.74) is -1.19. The van der Waals surface area contributed by atoms with Crippen LogP contribution in [-0.2, 0) is 6.18 Å². The number of amides is 1. The van der Waals surface area contributed by atoms with Gasteiger partial charge in [-0.3, -0.25) is 4.79 Å². The number of alkyl halides is 3. The van der Waals surface area contributed by atoms with Gasteiger partial charge in [-0.1, -0.05) is 0 Å². The van der Waals surface area contributed by atoms with Crippen LogP contribution in [0.2, 0.25) is 0 Å². The molecule has 0 radical (unpaired) electrons. The van der Waals surface area contributed by atoms with E-state index in [1.807, 2.05) is 6.07 Å². The molecule has 112 valence electrons. The number of nitriles is 1. The lowest BCUT2D eigenvalue weighted by Gasteiger charge is -2.11. The summed E-state index contributed by atoms with van der Waals surface area (Å²) < 4.78 is 38.0. The van der Waals surface area contributed by atoms with Crippen molar-refractivity contribution in [1.29, 1.82) is 5.26 Å². The van der Waals surface area contributed by atoms with Crippen molar-refractivity contribution in [2.24, 2.45) is 0 Å². The average Bonchev–Trinajstić information content (AvgIpc) is 2.48. The molecule has 0 unspecified atom stereocenters. The fraction of sp³-hybridized carbons (Fsp3) is 0.0714. The molecule has 1 amide bonds. The number of anilines is 1. The van der Waals surface area contributed by atoms with E-state index in [0.717, 1.165) is 12.1 Å². The first-order valence-corrected chi connectivity index (χ1v) is 5.89. The highest BCUT2D eigenvalue weighted by Crippen LogP contribution is 2.37. The maximum atomic E-state index is 12.7. The van der Waals surface area contributed by atoms with Crippen molar-refractivity contribution in [3.63, 3.8) is 0 Å². The van der Waals surface area contributed by atoms with E-state index in [1.54, 1.807) is 0 Å². The molecule has 0 fully saturated rings. The summed E-state index contributed by atoms with van der Waals surface area (Å²) in [5, 5.41) is 20.1. The van der Waals surface area contributed by atoms with E-state index in [4.69, 9.17) is 5.26 Å². The molecule has 1 heterocycles. The van der Waals surface area contributed by atoms with Gasteiger partial charge in [-0.2, -0.15) is 18.4 Å². The van der Waals surface area contributed by atoms with Gasteiger partial charge in [-0.25, -0.2) is 4.98 Å². The third kappa shape index (κ3) is 3.32. The number of hydrogen-bond acceptors (Lipinski definition) is 4. The minimum atomic E-state index is -4.74. The van der Waals surface area contributed by atoms with Crippen LogP contribution in [0.4, 0.5) is 18.9 Å². The first-order valence-electron chi connectivity index (χ1n) is 5.89. The van der Waals surface area contributed by atoms with Crippen LogP contribution >= 0.6 is 0 Å². The van der Waals surface area contributed by atoms with Gasteiger partial charge in [0.25, 0.3) is 5.91 Å². The molecule has 1 aromatic carbocycles. The zero-order valence-electron chi connectivity index (χ0n) is 10.8. The van der Waals surface area contributed by atoms with Crippen molar-refractivity contribution in [1.82, 2.24) is 4.98 Å². The van der Waals surface area contributed by atoms with Gasteiger partial charge in [-0.15, -0.1) is 0 Å². The number of phenols is 1. The third-order valence-electron chi connectivity index (χ3n) is 2.69. The van der Waals surface area contributed by atoms with Crippen LogP contribution in [0.1, 0.15) is 21.6 Å². The lowest BCUT2D eigenvalue weighted by Crippen LogP contribution is -2.14. The summed E-state index contributed by atoms with van der Waals surface area (Å²) >= 11 is 0. The lowest BCUT2D eigenvalue weighted by atomic mass is 10.1. The molecule has 0 saturated heterocycles. The smallest absolute Gasteiger partial charge is 0.420 e. The Morgan fingerprint density at radius 2 is 2.00 bits per heavy atom. The van der Waals surface area contributed by atoms with Crippen LogP contribution in [0.5, 0.6) is 5.75 Å². The van der Waals surface area contributed by atoms with Crippen LogP contribution < -0.4 is 5.32 Å². The number of aromatic nitrogens is 1. The summed E-state index contributed by atoms with van der Waals surface area (Å²) in [6.45, 7) is 0. The number of nitrogens with zero attached hydrogens (tertiary/aromatic N) is 2. The molecule has 8 heteroatoms. The van der Waals surface area contributed by atoms with Crippen molar-refractivity contribution in [3.8, 4) is 11.8 Å². The molecule has 2 rings (SSSR count). The van der Waals surface area contributed by atoms with E-state index in [2.05, 4.69) is 10.3 Å². The molecule has 0 aliphatic rings. The second kappa shape index (κ2) is 5.73. The summed E-state index contributed by atoms with van der Waals surface area (Å²) in [4.78, 5) is 15.6. The Morgan fingerprint density at radius 1 is 1.27 bits per heavy atom. The van der Waals surface area contributed by atoms with Gasteiger partial charge in [0, 0.05) is 11.9 Å². The number of phenolic OH excluding ortho intramolecular Hbond substituents is 1. The summed E-state index contributed by atoms with van der Waals surface area (Å²) in [5.74, 6) is -1.66. The van der Waals surface area contributed by atoms with Gasteiger partial charge >= 0.3 is 6.18 Å². The number of benzene rings is 1. The number of rotatable bonds is 2. The normalized spacial score (nSPS) is 10.8. The Morgan fingerprint density at radius 3 is 2.55 bits per heavy atom. The molecule has 0 aliphatic carbocycles. The molecule has 1 aromatic heterocycles. The summed E-state index contributed by atoms with van der Waals surface area (Å²) in [6.07, 6.45) is -3.57. The third-order valence-corrected chi connectivity index (χ3v) is 2.69. The number of carbonyl (C=O) groups is 1. The molecule has 22 heavy (non-hydrogen) atoms. The highest BCUT2D eigenvalue weighted by Gasteiger charge is 2.34. The minimum Gasteiger partial charge on any atom is -0.507 e. The van der Waals surface area contributed by atoms with Crippen molar-refractivity contribution in [3.05, 3.63) is 53.3 Å². The van der Waals surface area contributed by atoms with Gasteiger partial charge in [0.05, 0.1) is 11.1 Å². The average molecular weight is 307 g/mol. The fourth-order valence-electron chi connectivity index (χ4n) is 1.63.